The van der Waals surface area contributed by atoms with Crippen molar-refractivity contribution in [2.45, 2.75) is 6.04 Å². The number of hydrogen-bond acceptors (Lipinski definition) is 1. The molecule has 0 heterocycles. The number of rotatable bonds is 3. The summed E-state index contributed by atoms with van der Waals surface area (Å²) in [5.41, 5.74) is 1.54. The molecule has 0 spiro atoms. The van der Waals surface area contributed by atoms with Crippen LogP contribution in [0.5, 0.6) is 0 Å². The van der Waals surface area contributed by atoms with Gasteiger partial charge in [-0.3, -0.25) is 0 Å². The zero-order chi connectivity index (χ0) is 14.0. The molecule has 0 aromatic heterocycles. The Labute approximate surface area is 138 Å². The van der Waals surface area contributed by atoms with Crippen LogP contribution in [0.2, 0.25) is 5.02 Å². The van der Waals surface area contributed by atoms with E-state index in [4.69, 9.17) is 11.6 Å². The zero-order valence-corrected chi connectivity index (χ0v) is 14.6. The van der Waals surface area contributed by atoms with Gasteiger partial charge in [0.1, 0.15) is 5.82 Å². The summed E-state index contributed by atoms with van der Waals surface area (Å²) in [6.07, 6.45) is 0. The SMILES string of the molecule is CNC(c1ccc(I)cc1)c1ccc(Br)c(Cl)c1F. The highest BCUT2D eigenvalue weighted by molar-refractivity contribution is 14.1. The van der Waals surface area contributed by atoms with Crippen LogP contribution in [0.4, 0.5) is 4.39 Å². The molecule has 0 saturated heterocycles. The van der Waals surface area contributed by atoms with Crippen molar-refractivity contribution in [3.63, 3.8) is 0 Å². The Hall–Kier alpha value is -0.170. The van der Waals surface area contributed by atoms with Crippen LogP contribution in [0.3, 0.4) is 0 Å². The van der Waals surface area contributed by atoms with E-state index in [9.17, 15) is 4.39 Å². The van der Waals surface area contributed by atoms with Crippen LogP contribution in [0.1, 0.15) is 17.2 Å². The molecular weight excluding hydrogens is 443 g/mol. The topological polar surface area (TPSA) is 12.0 Å². The van der Waals surface area contributed by atoms with Crippen LogP contribution in [-0.4, -0.2) is 7.05 Å². The molecule has 0 saturated carbocycles. The van der Waals surface area contributed by atoms with Gasteiger partial charge in [0.25, 0.3) is 0 Å². The van der Waals surface area contributed by atoms with Crippen LogP contribution >= 0.6 is 50.1 Å². The standard InChI is InChI=1S/C14H11BrClFIN/c1-19-14(8-2-4-9(18)5-3-8)10-6-7-11(15)12(16)13(10)17/h2-7,14,19H,1H3. The van der Waals surface area contributed by atoms with Gasteiger partial charge >= 0.3 is 0 Å². The smallest absolute Gasteiger partial charge is 0.148 e. The lowest BCUT2D eigenvalue weighted by Gasteiger charge is -2.19. The highest BCUT2D eigenvalue weighted by Crippen LogP contribution is 2.32. The summed E-state index contributed by atoms with van der Waals surface area (Å²) in [6, 6.07) is 11.2. The van der Waals surface area contributed by atoms with Gasteiger partial charge in [-0.15, -0.1) is 0 Å². The number of benzene rings is 2. The molecule has 1 nitrogen and oxygen atoms in total. The van der Waals surface area contributed by atoms with E-state index in [1.54, 1.807) is 19.2 Å². The first-order chi connectivity index (χ1) is 9.04. The molecule has 2 rings (SSSR count). The molecule has 0 aliphatic carbocycles. The molecule has 1 unspecified atom stereocenters. The summed E-state index contributed by atoms with van der Waals surface area (Å²) in [4.78, 5) is 0. The molecule has 0 amide bonds. The van der Waals surface area contributed by atoms with Crippen molar-refractivity contribution in [3.8, 4) is 0 Å². The molecule has 0 radical (unpaired) electrons. The molecule has 5 heteroatoms. The minimum absolute atomic E-state index is 0.114. The van der Waals surface area contributed by atoms with Gasteiger partial charge in [0.2, 0.25) is 0 Å². The van der Waals surface area contributed by atoms with Crippen molar-refractivity contribution in [2.24, 2.45) is 0 Å². The van der Waals surface area contributed by atoms with Gasteiger partial charge in [0.15, 0.2) is 0 Å². The summed E-state index contributed by atoms with van der Waals surface area (Å²) in [5.74, 6) is -0.394. The Bertz CT molecular complexity index is 589. The second-order valence-corrected chi connectivity index (χ2v) is 6.52. The fraction of sp³-hybridized carbons (Fsp3) is 0.143. The van der Waals surface area contributed by atoms with E-state index in [0.29, 0.717) is 10.0 Å². The first-order valence-electron chi connectivity index (χ1n) is 5.60. The van der Waals surface area contributed by atoms with E-state index in [-0.39, 0.29) is 11.1 Å². The third-order valence-corrected chi connectivity index (χ3v) is 4.85. The largest absolute Gasteiger partial charge is 0.309 e. The maximum atomic E-state index is 14.3. The van der Waals surface area contributed by atoms with Gasteiger partial charge < -0.3 is 5.32 Å². The van der Waals surface area contributed by atoms with Crippen molar-refractivity contribution >= 4 is 50.1 Å². The average molecular weight is 455 g/mol. The Morgan fingerprint density at radius 2 is 1.84 bits per heavy atom. The first kappa shape index (κ1) is 15.2. The third-order valence-electron chi connectivity index (χ3n) is 2.87. The van der Waals surface area contributed by atoms with E-state index in [1.165, 1.54) is 0 Å². The van der Waals surface area contributed by atoms with Crippen molar-refractivity contribution in [3.05, 3.63) is 66.4 Å². The van der Waals surface area contributed by atoms with E-state index < -0.39 is 5.82 Å². The van der Waals surface area contributed by atoms with E-state index >= 15 is 0 Å². The first-order valence-corrected chi connectivity index (χ1v) is 7.85. The lowest BCUT2D eigenvalue weighted by Crippen LogP contribution is -2.19. The predicted octanol–water partition coefficient (Wildman–Crippen LogP) is 5.16. The van der Waals surface area contributed by atoms with Crippen LogP contribution in [-0.2, 0) is 0 Å². The maximum absolute atomic E-state index is 14.3. The minimum Gasteiger partial charge on any atom is -0.309 e. The maximum Gasteiger partial charge on any atom is 0.148 e. The second kappa shape index (κ2) is 6.52. The van der Waals surface area contributed by atoms with Crippen LogP contribution < -0.4 is 5.32 Å². The molecule has 100 valence electrons. The van der Waals surface area contributed by atoms with Gasteiger partial charge in [0.05, 0.1) is 11.1 Å². The van der Waals surface area contributed by atoms with Gasteiger partial charge in [-0.1, -0.05) is 29.8 Å². The van der Waals surface area contributed by atoms with E-state index in [0.717, 1.165) is 9.13 Å². The summed E-state index contributed by atoms with van der Waals surface area (Å²) in [5, 5.41) is 3.24. The number of halogens is 4. The monoisotopic (exact) mass is 453 g/mol. The summed E-state index contributed by atoms with van der Waals surface area (Å²) in [6.45, 7) is 0. The van der Waals surface area contributed by atoms with Crippen LogP contribution in [0.25, 0.3) is 0 Å². The van der Waals surface area contributed by atoms with E-state index in [2.05, 4.69) is 43.8 Å². The molecule has 0 aliphatic rings. The molecule has 1 atom stereocenters. The molecule has 0 bridgehead atoms. The van der Waals surface area contributed by atoms with Crippen molar-refractivity contribution in [1.82, 2.24) is 5.32 Å². The normalized spacial score (nSPS) is 12.5. The molecule has 1 N–H and O–H groups in total. The van der Waals surface area contributed by atoms with Gasteiger partial charge in [-0.25, -0.2) is 4.39 Å². The fourth-order valence-electron chi connectivity index (χ4n) is 1.92. The Balaban J connectivity index is 2.48. The number of hydrogen-bond donors (Lipinski definition) is 1. The minimum atomic E-state index is -0.394. The quantitative estimate of drug-likeness (QED) is 0.499. The molecule has 0 fully saturated rings. The third kappa shape index (κ3) is 3.29. The summed E-state index contributed by atoms with van der Waals surface area (Å²) >= 11 is 11.4. The second-order valence-electron chi connectivity index (χ2n) is 4.04. The predicted molar refractivity (Wildman–Crippen MR) is 89.2 cm³/mol. The lowest BCUT2D eigenvalue weighted by molar-refractivity contribution is 0.576. The van der Waals surface area contributed by atoms with Gasteiger partial charge in [-0.05, 0) is 69.3 Å². The van der Waals surface area contributed by atoms with Crippen molar-refractivity contribution in [1.29, 1.82) is 0 Å². The van der Waals surface area contributed by atoms with Crippen molar-refractivity contribution in [2.75, 3.05) is 7.05 Å². The molecule has 2 aromatic rings. The lowest BCUT2D eigenvalue weighted by atomic mass is 9.98. The average Bonchev–Trinajstić information content (AvgIpc) is 2.41. The van der Waals surface area contributed by atoms with E-state index in [1.807, 2.05) is 24.3 Å². The molecular formula is C14H11BrClFIN. The highest BCUT2D eigenvalue weighted by atomic mass is 127. The van der Waals surface area contributed by atoms with Crippen molar-refractivity contribution < 1.29 is 4.39 Å². The van der Waals surface area contributed by atoms with Gasteiger partial charge in [0, 0.05) is 13.6 Å². The van der Waals surface area contributed by atoms with Gasteiger partial charge in [-0.2, -0.15) is 0 Å². The zero-order valence-electron chi connectivity index (χ0n) is 10.1. The highest BCUT2D eigenvalue weighted by Gasteiger charge is 2.19. The number of nitrogens with one attached hydrogen (secondary N) is 1. The summed E-state index contributed by atoms with van der Waals surface area (Å²) in [7, 11) is 1.80. The summed E-state index contributed by atoms with van der Waals surface area (Å²) < 4.78 is 16.0. The molecule has 2 aromatic carbocycles. The van der Waals surface area contributed by atoms with Crippen LogP contribution in [0.15, 0.2) is 40.9 Å². The molecule has 19 heavy (non-hydrogen) atoms. The fourth-order valence-corrected chi connectivity index (χ4v) is 2.76. The Kier molecular flexibility index (Phi) is 5.22. The van der Waals surface area contributed by atoms with Crippen LogP contribution in [0, 0.1) is 9.39 Å². The molecule has 0 aliphatic heterocycles. The Morgan fingerprint density at radius 1 is 1.21 bits per heavy atom. The Morgan fingerprint density at radius 3 is 2.42 bits per heavy atom.